The number of carboxylic acid groups (broad SMARTS) is 2. The third-order valence-corrected chi connectivity index (χ3v) is 3.39. The van der Waals surface area contributed by atoms with Gasteiger partial charge in [0, 0.05) is 12.4 Å². The first-order chi connectivity index (χ1) is 9.08. The first-order valence-electron chi connectivity index (χ1n) is 6.10. The van der Waals surface area contributed by atoms with Crippen LogP contribution in [0.15, 0.2) is 24.5 Å². The number of aromatic nitrogens is 1. The second kappa shape index (κ2) is 5.69. The normalized spacial score (nSPS) is 26.6. The van der Waals surface area contributed by atoms with E-state index in [0.717, 1.165) is 0 Å². The van der Waals surface area contributed by atoms with Crippen molar-refractivity contribution in [1.82, 2.24) is 4.98 Å². The molecule has 2 rings (SSSR count). The molecule has 1 aliphatic carbocycles. The first kappa shape index (κ1) is 13.3. The van der Waals surface area contributed by atoms with Gasteiger partial charge in [0.1, 0.15) is 5.75 Å². The maximum Gasteiger partial charge on any atom is 0.307 e. The highest BCUT2D eigenvalue weighted by Crippen LogP contribution is 2.32. The smallest absolute Gasteiger partial charge is 0.307 e. The van der Waals surface area contributed by atoms with Crippen molar-refractivity contribution in [3.8, 4) is 5.75 Å². The fourth-order valence-corrected chi connectivity index (χ4v) is 2.42. The van der Waals surface area contributed by atoms with Crippen molar-refractivity contribution in [1.29, 1.82) is 0 Å². The summed E-state index contributed by atoms with van der Waals surface area (Å²) >= 11 is 0. The van der Waals surface area contributed by atoms with E-state index in [1.165, 1.54) is 0 Å². The first-order valence-corrected chi connectivity index (χ1v) is 6.10. The molecule has 2 N–H and O–H groups in total. The van der Waals surface area contributed by atoms with Gasteiger partial charge in [-0.2, -0.15) is 0 Å². The summed E-state index contributed by atoms with van der Waals surface area (Å²) in [7, 11) is 0. The van der Waals surface area contributed by atoms with E-state index < -0.39 is 23.8 Å². The van der Waals surface area contributed by atoms with Crippen LogP contribution < -0.4 is 4.74 Å². The summed E-state index contributed by atoms with van der Waals surface area (Å²) in [5, 5.41) is 18.1. The van der Waals surface area contributed by atoms with Crippen LogP contribution >= 0.6 is 0 Å². The molecule has 6 heteroatoms. The van der Waals surface area contributed by atoms with Crippen LogP contribution in [0.25, 0.3) is 0 Å². The average molecular weight is 265 g/mol. The Morgan fingerprint density at radius 2 is 1.74 bits per heavy atom. The summed E-state index contributed by atoms with van der Waals surface area (Å²) in [5.41, 5.74) is 0. The minimum absolute atomic E-state index is 0.217. The third-order valence-electron chi connectivity index (χ3n) is 3.39. The molecule has 0 aromatic carbocycles. The van der Waals surface area contributed by atoms with E-state index in [2.05, 4.69) is 4.98 Å². The Morgan fingerprint density at radius 3 is 2.32 bits per heavy atom. The lowest BCUT2D eigenvalue weighted by molar-refractivity contribution is -0.157. The van der Waals surface area contributed by atoms with Gasteiger partial charge in [-0.15, -0.1) is 0 Å². The van der Waals surface area contributed by atoms with Crippen LogP contribution in [0, 0.1) is 11.8 Å². The second-order valence-electron chi connectivity index (χ2n) is 4.63. The predicted molar refractivity (Wildman–Crippen MR) is 64.8 cm³/mol. The van der Waals surface area contributed by atoms with Crippen molar-refractivity contribution in [3.05, 3.63) is 24.5 Å². The molecule has 19 heavy (non-hydrogen) atoms. The van der Waals surface area contributed by atoms with Gasteiger partial charge in [0.05, 0.1) is 17.9 Å². The maximum atomic E-state index is 11.1. The number of hydrogen-bond donors (Lipinski definition) is 2. The topological polar surface area (TPSA) is 96.7 Å². The molecule has 0 unspecified atom stereocenters. The zero-order chi connectivity index (χ0) is 13.8. The number of nitrogens with zero attached hydrogens (tertiary/aromatic N) is 1. The molecule has 1 aliphatic rings. The van der Waals surface area contributed by atoms with E-state index in [4.69, 9.17) is 14.9 Å². The summed E-state index contributed by atoms with van der Waals surface area (Å²) in [6, 6.07) is 3.39. The Bertz CT molecular complexity index is 461. The van der Waals surface area contributed by atoms with Gasteiger partial charge in [-0.05, 0) is 31.4 Å². The van der Waals surface area contributed by atoms with Crippen LogP contribution in [0.2, 0.25) is 0 Å². The summed E-state index contributed by atoms with van der Waals surface area (Å²) in [4.78, 5) is 26.0. The van der Waals surface area contributed by atoms with E-state index in [9.17, 15) is 9.59 Å². The summed E-state index contributed by atoms with van der Waals surface area (Å²) < 4.78 is 5.67. The van der Waals surface area contributed by atoms with Crippen LogP contribution in [0.4, 0.5) is 0 Å². The summed E-state index contributed by atoms with van der Waals surface area (Å²) in [5.74, 6) is -3.21. The minimum Gasteiger partial charge on any atom is -0.490 e. The second-order valence-corrected chi connectivity index (χ2v) is 4.63. The number of rotatable bonds is 4. The van der Waals surface area contributed by atoms with E-state index in [-0.39, 0.29) is 12.5 Å². The molecule has 1 aromatic heterocycles. The van der Waals surface area contributed by atoms with Crippen molar-refractivity contribution in [2.24, 2.45) is 11.8 Å². The highest BCUT2D eigenvalue weighted by molar-refractivity contribution is 5.80. The van der Waals surface area contributed by atoms with Gasteiger partial charge in [-0.3, -0.25) is 14.6 Å². The lowest BCUT2D eigenvalue weighted by Crippen LogP contribution is -2.39. The Kier molecular flexibility index (Phi) is 3.99. The molecule has 3 atom stereocenters. The van der Waals surface area contributed by atoms with Gasteiger partial charge < -0.3 is 14.9 Å². The van der Waals surface area contributed by atoms with Gasteiger partial charge in [-0.1, -0.05) is 0 Å². The van der Waals surface area contributed by atoms with Crippen LogP contribution in [0.1, 0.15) is 19.3 Å². The summed E-state index contributed by atoms with van der Waals surface area (Å²) in [6.07, 6.45) is 4.00. The zero-order valence-electron chi connectivity index (χ0n) is 10.2. The molecule has 1 saturated carbocycles. The van der Waals surface area contributed by atoms with Crippen molar-refractivity contribution in [3.63, 3.8) is 0 Å². The van der Waals surface area contributed by atoms with E-state index in [0.29, 0.717) is 18.6 Å². The fraction of sp³-hybridized carbons (Fsp3) is 0.462. The quantitative estimate of drug-likeness (QED) is 0.854. The van der Waals surface area contributed by atoms with Gasteiger partial charge in [0.25, 0.3) is 0 Å². The lowest BCUT2D eigenvalue weighted by Gasteiger charge is -2.31. The SMILES string of the molecule is O=C(O)[C@H]1CC[C@@H](Oc2ccncc2)C[C@@H]1C(=O)O. The minimum atomic E-state index is -1.07. The van der Waals surface area contributed by atoms with Crippen molar-refractivity contribution in [2.75, 3.05) is 0 Å². The molecule has 1 heterocycles. The molecular weight excluding hydrogens is 250 g/mol. The molecule has 0 amide bonds. The highest BCUT2D eigenvalue weighted by atomic mass is 16.5. The third kappa shape index (κ3) is 3.21. The number of carboxylic acids is 2. The zero-order valence-corrected chi connectivity index (χ0v) is 10.2. The van der Waals surface area contributed by atoms with E-state index in [1.54, 1.807) is 24.5 Å². The number of carbonyl (C=O) groups is 2. The van der Waals surface area contributed by atoms with Crippen LogP contribution in [-0.4, -0.2) is 33.2 Å². The average Bonchev–Trinajstić information content (AvgIpc) is 2.39. The van der Waals surface area contributed by atoms with Crippen molar-refractivity contribution < 1.29 is 24.5 Å². The highest BCUT2D eigenvalue weighted by Gasteiger charge is 2.40. The van der Waals surface area contributed by atoms with Crippen molar-refractivity contribution >= 4 is 11.9 Å². The van der Waals surface area contributed by atoms with Crippen LogP contribution in [-0.2, 0) is 9.59 Å². The fourth-order valence-electron chi connectivity index (χ4n) is 2.42. The van der Waals surface area contributed by atoms with E-state index in [1.807, 2.05) is 0 Å². The number of aliphatic carboxylic acids is 2. The predicted octanol–water partition coefficient (Wildman–Crippen LogP) is 1.41. The Hall–Kier alpha value is -2.11. The Labute approximate surface area is 110 Å². The molecular formula is C13H15NO5. The lowest BCUT2D eigenvalue weighted by atomic mass is 9.78. The molecule has 1 fully saturated rings. The molecule has 6 nitrogen and oxygen atoms in total. The molecule has 0 aliphatic heterocycles. The van der Waals surface area contributed by atoms with Gasteiger partial charge in [0.15, 0.2) is 0 Å². The summed E-state index contributed by atoms with van der Waals surface area (Å²) in [6.45, 7) is 0. The molecule has 0 spiro atoms. The number of ether oxygens (including phenoxy) is 1. The largest absolute Gasteiger partial charge is 0.490 e. The molecule has 0 saturated heterocycles. The van der Waals surface area contributed by atoms with Crippen LogP contribution in [0.5, 0.6) is 5.75 Å². The van der Waals surface area contributed by atoms with Crippen LogP contribution in [0.3, 0.4) is 0 Å². The molecule has 102 valence electrons. The molecule has 1 aromatic rings. The number of pyridine rings is 1. The Morgan fingerprint density at radius 1 is 1.11 bits per heavy atom. The Balaban J connectivity index is 2.03. The standard InChI is InChI=1S/C13H15NO5/c15-12(16)10-2-1-9(7-11(10)13(17)18)19-8-3-5-14-6-4-8/h3-6,9-11H,1-2,7H2,(H,15,16)(H,17,18)/t9-,10+,11+/m1/s1. The number of hydrogen-bond acceptors (Lipinski definition) is 4. The molecule has 0 bridgehead atoms. The maximum absolute atomic E-state index is 11.1. The van der Waals surface area contributed by atoms with Gasteiger partial charge >= 0.3 is 11.9 Å². The van der Waals surface area contributed by atoms with Crippen molar-refractivity contribution in [2.45, 2.75) is 25.4 Å². The van der Waals surface area contributed by atoms with E-state index >= 15 is 0 Å². The van der Waals surface area contributed by atoms with Gasteiger partial charge in [0.2, 0.25) is 0 Å². The van der Waals surface area contributed by atoms with Gasteiger partial charge in [-0.25, -0.2) is 0 Å². The molecule has 0 radical (unpaired) electrons. The monoisotopic (exact) mass is 265 g/mol.